The van der Waals surface area contributed by atoms with Gasteiger partial charge in [-0.05, 0) is 49.4 Å². The summed E-state index contributed by atoms with van der Waals surface area (Å²) in [4.78, 5) is 23.4. The first kappa shape index (κ1) is 20.0. The molecule has 1 amide bonds. The highest BCUT2D eigenvalue weighted by Crippen LogP contribution is 2.23. The number of carbonyl (C=O) groups excluding carboxylic acids is 1. The predicted octanol–water partition coefficient (Wildman–Crippen LogP) is 2.10. The molecule has 1 aromatic carbocycles. The molecule has 7 heteroatoms. The van der Waals surface area contributed by atoms with Crippen LogP contribution in [0.4, 0.5) is 0 Å². The number of benzene rings is 1. The maximum absolute atomic E-state index is 12.0. The Labute approximate surface area is 153 Å². The molecule has 26 heavy (non-hydrogen) atoms. The van der Waals surface area contributed by atoms with E-state index in [1.807, 2.05) is 6.92 Å². The second-order valence-corrected chi connectivity index (χ2v) is 6.31. The molecule has 7 nitrogen and oxygen atoms in total. The first-order valence-electron chi connectivity index (χ1n) is 9.03. The molecule has 1 atom stereocenters. The fourth-order valence-corrected chi connectivity index (χ4v) is 2.85. The van der Waals surface area contributed by atoms with Crippen LogP contribution in [-0.2, 0) is 14.3 Å². The van der Waals surface area contributed by atoms with Crippen LogP contribution in [0, 0.1) is 11.8 Å². The van der Waals surface area contributed by atoms with Crippen molar-refractivity contribution in [2.75, 3.05) is 33.0 Å². The van der Waals surface area contributed by atoms with E-state index in [0.29, 0.717) is 38.4 Å². The Bertz CT molecular complexity index is 568. The second kappa shape index (κ2) is 10.7. The number of ether oxygens (including phenoxy) is 3. The van der Waals surface area contributed by atoms with Crippen molar-refractivity contribution in [2.45, 2.75) is 26.2 Å². The van der Waals surface area contributed by atoms with Crippen molar-refractivity contribution in [3.8, 4) is 11.5 Å². The number of carboxylic acids is 1. The Morgan fingerprint density at radius 3 is 2.38 bits per heavy atom. The molecule has 1 unspecified atom stereocenters. The molecule has 0 spiro atoms. The maximum Gasteiger partial charge on any atom is 0.308 e. The van der Waals surface area contributed by atoms with E-state index >= 15 is 0 Å². The SMILES string of the molecule is CCCOc1ccc(OCC(=O)NCC(C(=O)O)C2CCOCC2)cc1. The summed E-state index contributed by atoms with van der Waals surface area (Å²) < 4.78 is 16.2. The van der Waals surface area contributed by atoms with Crippen LogP contribution in [0.5, 0.6) is 11.5 Å². The van der Waals surface area contributed by atoms with Crippen LogP contribution in [0.15, 0.2) is 24.3 Å². The predicted molar refractivity (Wildman–Crippen MR) is 95.4 cm³/mol. The summed E-state index contributed by atoms with van der Waals surface area (Å²) in [7, 11) is 0. The smallest absolute Gasteiger partial charge is 0.308 e. The lowest BCUT2D eigenvalue weighted by molar-refractivity contribution is -0.145. The molecule has 0 bridgehead atoms. The Morgan fingerprint density at radius 1 is 1.19 bits per heavy atom. The number of carboxylic acid groups (broad SMARTS) is 1. The van der Waals surface area contributed by atoms with Crippen LogP contribution in [-0.4, -0.2) is 50.0 Å². The van der Waals surface area contributed by atoms with Gasteiger partial charge >= 0.3 is 5.97 Å². The summed E-state index contributed by atoms with van der Waals surface area (Å²) in [5.41, 5.74) is 0. The Hall–Kier alpha value is -2.28. The van der Waals surface area contributed by atoms with E-state index in [1.54, 1.807) is 24.3 Å². The molecule has 1 fully saturated rings. The lowest BCUT2D eigenvalue weighted by Crippen LogP contribution is -2.40. The lowest BCUT2D eigenvalue weighted by atomic mass is 9.86. The Morgan fingerprint density at radius 2 is 1.81 bits per heavy atom. The maximum atomic E-state index is 12.0. The van der Waals surface area contributed by atoms with Crippen molar-refractivity contribution in [1.29, 1.82) is 0 Å². The third kappa shape index (κ3) is 6.55. The Balaban J connectivity index is 1.74. The summed E-state index contributed by atoms with van der Waals surface area (Å²) in [6.45, 7) is 3.78. The summed E-state index contributed by atoms with van der Waals surface area (Å²) >= 11 is 0. The van der Waals surface area contributed by atoms with Crippen LogP contribution < -0.4 is 14.8 Å². The molecule has 2 N–H and O–H groups in total. The highest BCUT2D eigenvalue weighted by Gasteiger charge is 2.29. The molecule has 1 heterocycles. The topological polar surface area (TPSA) is 94.1 Å². The zero-order chi connectivity index (χ0) is 18.8. The number of hydrogen-bond acceptors (Lipinski definition) is 5. The molecule has 0 aliphatic carbocycles. The quantitative estimate of drug-likeness (QED) is 0.659. The molecule has 1 aliphatic rings. The fourth-order valence-electron chi connectivity index (χ4n) is 2.85. The largest absolute Gasteiger partial charge is 0.494 e. The van der Waals surface area contributed by atoms with Crippen molar-refractivity contribution < 1.29 is 28.9 Å². The van der Waals surface area contributed by atoms with Crippen LogP contribution in [0.25, 0.3) is 0 Å². The molecule has 0 saturated carbocycles. The normalized spacial score (nSPS) is 15.9. The van der Waals surface area contributed by atoms with E-state index in [-0.39, 0.29) is 25.0 Å². The summed E-state index contributed by atoms with van der Waals surface area (Å²) in [5.74, 6) is -0.487. The highest BCUT2D eigenvalue weighted by atomic mass is 16.5. The second-order valence-electron chi connectivity index (χ2n) is 6.31. The minimum Gasteiger partial charge on any atom is -0.494 e. The van der Waals surface area contributed by atoms with Gasteiger partial charge in [0.2, 0.25) is 0 Å². The van der Waals surface area contributed by atoms with E-state index in [4.69, 9.17) is 14.2 Å². The van der Waals surface area contributed by atoms with E-state index in [9.17, 15) is 14.7 Å². The molecule has 0 radical (unpaired) electrons. The molecule has 1 saturated heterocycles. The van der Waals surface area contributed by atoms with Gasteiger partial charge in [-0.15, -0.1) is 0 Å². The first-order valence-corrected chi connectivity index (χ1v) is 9.03. The van der Waals surface area contributed by atoms with E-state index < -0.39 is 11.9 Å². The minimum atomic E-state index is -0.888. The molecular weight excluding hydrogens is 338 g/mol. The number of rotatable bonds is 10. The van der Waals surface area contributed by atoms with Crippen molar-refractivity contribution >= 4 is 11.9 Å². The number of aliphatic carboxylic acids is 1. The van der Waals surface area contributed by atoms with Crippen LogP contribution in [0.2, 0.25) is 0 Å². The highest BCUT2D eigenvalue weighted by molar-refractivity contribution is 5.78. The number of hydrogen-bond donors (Lipinski definition) is 2. The summed E-state index contributed by atoms with van der Waals surface area (Å²) in [5, 5.41) is 12.1. The number of amides is 1. The van der Waals surface area contributed by atoms with E-state index in [2.05, 4.69) is 5.32 Å². The lowest BCUT2D eigenvalue weighted by Gasteiger charge is -2.27. The van der Waals surface area contributed by atoms with Gasteiger partial charge in [0.15, 0.2) is 6.61 Å². The zero-order valence-electron chi connectivity index (χ0n) is 15.1. The average molecular weight is 365 g/mol. The van der Waals surface area contributed by atoms with Gasteiger partial charge in [-0.25, -0.2) is 0 Å². The molecular formula is C19H27NO6. The van der Waals surface area contributed by atoms with Crippen molar-refractivity contribution in [2.24, 2.45) is 11.8 Å². The standard InChI is InChI=1S/C19H27NO6/c1-2-9-25-15-3-5-16(6-4-15)26-13-18(21)20-12-17(19(22)23)14-7-10-24-11-8-14/h3-6,14,17H,2,7-13H2,1H3,(H,20,21)(H,22,23). The molecule has 1 aliphatic heterocycles. The fraction of sp³-hybridized carbons (Fsp3) is 0.579. The molecule has 2 rings (SSSR count). The van der Waals surface area contributed by atoms with Gasteiger partial charge in [-0.2, -0.15) is 0 Å². The van der Waals surface area contributed by atoms with Gasteiger partial charge in [0, 0.05) is 19.8 Å². The monoisotopic (exact) mass is 365 g/mol. The summed E-state index contributed by atoms with van der Waals surface area (Å²) in [6.07, 6.45) is 2.34. The molecule has 144 valence electrons. The third-order valence-electron chi connectivity index (χ3n) is 4.34. The molecule has 0 aromatic heterocycles. The summed E-state index contributed by atoms with van der Waals surface area (Å²) in [6, 6.07) is 7.05. The third-order valence-corrected chi connectivity index (χ3v) is 4.34. The van der Waals surface area contributed by atoms with Gasteiger partial charge in [0.05, 0.1) is 12.5 Å². The van der Waals surface area contributed by atoms with Gasteiger partial charge in [-0.1, -0.05) is 6.92 Å². The van der Waals surface area contributed by atoms with Gasteiger partial charge in [0.1, 0.15) is 11.5 Å². The van der Waals surface area contributed by atoms with E-state index in [1.165, 1.54) is 0 Å². The van der Waals surface area contributed by atoms with Crippen LogP contribution >= 0.6 is 0 Å². The van der Waals surface area contributed by atoms with Crippen LogP contribution in [0.1, 0.15) is 26.2 Å². The number of carbonyl (C=O) groups is 2. The zero-order valence-corrected chi connectivity index (χ0v) is 15.1. The first-order chi connectivity index (χ1) is 12.6. The van der Waals surface area contributed by atoms with Gasteiger partial charge < -0.3 is 24.6 Å². The van der Waals surface area contributed by atoms with Crippen LogP contribution in [0.3, 0.4) is 0 Å². The van der Waals surface area contributed by atoms with E-state index in [0.717, 1.165) is 12.2 Å². The number of nitrogens with one attached hydrogen (secondary N) is 1. The van der Waals surface area contributed by atoms with Gasteiger partial charge in [0.25, 0.3) is 5.91 Å². The Kier molecular flexibility index (Phi) is 8.21. The minimum absolute atomic E-state index is 0.0260. The average Bonchev–Trinajstić information content (AvgIpc) is 2.66. The van der Waals surface area contributed by atoms with Gasteiger partial charge in [-0.3, -0.25) is 9.59 Å². The van der Waals surface area contributed by atoms with Crippen molar-refractivity contribution in [3.63, 3.8) is 0 Å². The molecule has 1 aromatic rings. The van der Waals surface area contributed by atoms with Crippen molar-refractivity contribution in [3.05, 3.63) is 24.3 Å². The van der Waals surface area contributed by atoms with Crippen molar-refractivity contribution in [1.82, 2.24) is 5.32 Å².